The number of hydrogen-bond acceptors (Lipinski definition) is 2. The van der Waals surface area contributed by atoms with E-state index in [1.807, 2.05) is 105 Å². The summed E-state index contributed by atoms with van der Waals surface area (Å²) in [5.41, 5.74) is 3.94. The molecular formula is C25H27NO2. The summed E-state index contributed by atoms with van der Waals surface area (Å²) in [5.74, 6) is 0.872. The monoisotopic (exact) mass is 373 g/mol. The normalized spacial score (nSPS) is 10.7. The molecule has 0 aliphatic rings. The van der Waals surface area contributed by atoms with Gasteiger partial charge in [-0.2, -0.15) is 0 Å². The van der Waals surface area contributed by atoms with Gasteiger partial charge >= 0.3 is 0 Å². The van der Waals surface area contributed by atoms with Crippen LogP contribution in [0.15, 0.2) is 78.9 Å². The minimum absolute atomic E-state index is 0.0590. The summed E-state index contributed by atoms with van der Waals surface area (Å²) in [5, 5.41) is 0. The van der Waals surface area contributed by atoms with Crippen molar-refractivity contribution in [1.82, 2.24) is 4.90 Å². The standard InChI is InChI=1S/C25H27NO2/c1-19(2)26(25(27)24-15-8-7-10-20(24)3)17-22-13-9-14-23(16-22)28-18-21-11-5-4-6-12-21/h4-16,19H,17-18H2,1-3H3. The van der Waals surface area contributed by atoms with Crippen LogP contribution in [0.25, 0.3) is 0 Å². The summed E-state index contributed by atoms with van der Waals surface area (Å²) in [6.45, 7) is 7.15. The Balaban J connectivity index is 1.73. The Morgan fingerprint density at radius 2 is 1.57 bits per heavy atom. The number of amides is 1. The molecule has 0 bridgehead atoms. The molecule has 0 spiro atoms. The van der Waals surface area contributed by atoms with Gasteiger partial charge in [-0.25, -0.2) is 0 Å². The number of ether oxygens (including phenoxy) is 1. The molecule has 3 nitrogen and oxygen atoms in total. The zero-order chi connectivity index (χ0) is 19.9. The molecule has 0 atom stereocenters. The van der Waals surface area contributed by atoms with Gasteiger partial charge < -0.3 is 9.64 Å². The third-order valence-corrected chi connectivity index (χ3v) is 4.76. The van der Waals surface area contributed by atoms with Crippen LogP contribution < -0.4 is 4.74 Å². The maximum absolute atomic E-state index is 13.1. The van der Waals surface area contributed by atoms with Crippen molar-refractivity contribution in [2.24, 2.45) is 0 Å². The second-order valence-corrected chi connectivity index (χ2v) is 7.26. The zero-order valence-electron chi connectivity index (χ0n) is 16.8. The third-order valence-electron chi connectivity index (χ3n) is 4.76. The largest absolute Gasteiger partial charge is 0.489 e. The molecule has 0 radical (unpaired) electrons. The van der Waals surface area contributed by atoms with E-state index >= 15 is 0 Å². The van der Waals surface area contributed by atoms with Gasteiger partial charge in [0, 0.05) is 18.2 Å². The fraction of sp³-hybridized carbons (Fsp3) is 0.240. The fourth-order valence-corrected chi connectivity index (χ4v) is 3.13. The van der Waals surface area contributed by atoms with Crippen molar-refractivity contribution in [3.63, 3.8) is 0 Å². The zero-order valence-corrected chi connectivity index (χ0v) is 16.8. The summed E-state index contributed by atoms with van der Waals surface area (Å²) in [6.07, 6.45) is 0. The predicted molar refractivity (Wildman–Crippen MR) is 113 cm³/mol. The van der Waals surface area contributed by atoms with Crippen LogP contribution in [-0.2, 0) is 13.2 Å². The van der Waals surface area contributed by atoms with Gasteiger partial charge in [-0.15, -0.1) is 0 Å². The maximum Gasteiger partial charge on any atom is 0.254 e. The first-order valence-corrected chi connectivity index (χ1v) is 9.67. The van der Waals surface area contributed by atoms with E-state index in [1.165, 1.54) is 0 Å². The average molecular weight is 373 g/mol. The van der Waals surface area contributed by atoms with E-state index in [1.54, 1.807) is 0 Å². The van der Waals surface area contributed by atoms with Crippen molar-refractivity contribution in [2.75, 3.05) is 0 Å². The van der Waals surface area contributed by atoms with Crippen LogP contribution in [0.3, 0.4) is 0 Å². The van der Waals surface area contributed by atoms with Crippen LogP contribution >= 0.6 is 0 Å². The highest BCUT2D eigenvalue weighted by Gasteiger charge is 2.20. The summed E-state index contributed by atoms with van der Waals surface area (Å²) in [4.78, 5) is 15.0. The van der Waals surface area contributed by atoms with Crippen LogP contribution in [0.4, 0.5) is 0 Å². The molecule has 0 heterocycles. The molecule has 28 heavy (non-hydrogen) atoms. The molecule has 0 fully saturated rings. The molecular weight excluding hydrogens is 346 g/mol. The quantitative estimate of drug-likeness (QED) is 0.537. The Hall–Kier alpha value is -3.07. The number of carbonyl (C=O) groups is 1. The van der Waals surface area contributed by atoms with Crippen LogP contribution in [0.1, 0.15) is 40.9 Å². The van der Waals surface area contributed by atoms with Gasteiger partial charge in [0.2, 0.25) is 0 Å². The van der Waals surface area contributed by atoms with Crippen molar-refractivity contribution in [2.45, 2.75) is 40.0 Å². The molecule has 3 aromatic carbocycles. The number of carbonyl (C=O) groups excluding carboxylic acids is 1. The molecule has 1 amide bonds. The van der Waals surface area contributed by atoms with E-state index in [0.29, 0.717) is 13.2 Å². The van der Waals surface area contributed by atoms with Gasteiger partial charge in [-0.1, -0.05) is 60.7 Å². The Morgan fingerprint density at radius 1 is 0.893 bits per heavy atom. The molecule has 0 aromatic heterocycles. The highest BCUT2D eigenvalue weighted by Crippen LogP contribution is 2.20. The lowest BCUT2D eigenvalue weighted by molar-refractivity contribution is 0.0689. The van der Waals surface area contributed by atoms with Crippen LogP contribution in [0, 0.1) is 6.92 Å². The maximum atomic E-state index is 13.1. The van der Waals surface area contributed by atoms with Crippen LogP contribution in [0.2, 0.25) is 0 Å². The van der Waals surface area contributed by atoms with Crippen molar-refractivity contribution in [1.29, 1.82) is 0 Å². The minimum Gasteiger partial charge on any atom is -0.489 e. The van der Waals surface area contributed by atoms with E-state index in [0.717, 1.165) is 28.0 Å². The van der Waals surface area contributed by atoms with Gasteiger partial charge in [-0.3, -0.25) is 4.79 Å². The summed E-state index contributed by atoms with van der Waals surface area (Å²) < 4.78 is 5.94. The Bertz CT molecular complexity index is 919. The molecule has 3 rings (SSSR count). The molecule has 144 valence electrons. The summed E-state index contributed by atoms with van der Waals surface area (Å²) >= 11 is 0. The van der Waals surface area contributed by atoms with Gasteiger partial charge in [0.25, 0.3) is 5.91 Å². The van der Waals surface area contributed by atoms with Crippen molar-refractivity contribution in [3.05, 3.63) is 101 Å². The van der Waals surface area contributed by atoms with Gasteiger partial charge in [0.05, 0.1) is 0 Å². The van der Waals surface area contributed by atoms with E-state index in [9.17, 15) is 4.79 Å². The molecule has 0 saturated heterocycles. The van der Waals surface area contributed by atoms with Crippen molar-refractivity contribution in [3.8, 4) is 5.75 Å². The highest BCUT2D eigenvalue weighted by atomic mass is 16.5. The number of benzene rings is 3. The van der Waals surface area contributed by atoms with E-state index < -0.39 is 0 Å². The molecule has 0 N–H and O–H groups in total. The lowest BCUT2D eigenvalue weighted by Gasteiger charge is -2.28. The van der Waals surface area contributed by atoms with Crippen molar-refractivity contribution < 1.29 is 9.53 Å². The molecule has 0 aliphatic heterocycles. The SMILES string of the molecule is Cc1ccccc1C(=O)N(Cc1cccc(OCc2ccccc2)c1)C(C)C. The first-order chi connectivity index (χ1) is 13.5. The number of nitrogens with zero attached hydrogens (tertiary/aromatic N) is 1. The second kappa shape index (κ2) is 9.23. The Kier molecular flexibility index (Phi) is 6.49. The molecule has 0 saturated carbocycles. The number of hydrogen-bond donors (Lipinski definition) is 0. The lowest BCUT2D eigenvalue weighted by atomic mass is 10.1. The number of rotatable bonds is 7. The molecule has 3 heteroatoms. The van der Waals surface area contributed by atoms with Crippen LogP contribution in [-0.4, -0.2) is 16.8 Å². The third kappa shape index (κ3) is 5.01. The number of aryl methyl sites for hydroxylation is 1. The first kappa shape index (κ1) is 19.7. The van der Waals surface area contributed by atoms with E-state index in [4.69, 9.17) is 4.74 Å². The van der Waals surface area contributed by atoms with Gasteiger partial charge in [0.15, 0.2) is 0 Å². The molecule has 0 aliphatic carbocycles. The minimum atomic E-state index is 0.0590. The second-order valence-electron chi connectivity index (χ2n) is 7.26. The molecule has 0 unspecified atom stereocenters. The van der Waals surface area contributed by atoms with Gasteiger partial charge in [0.1, 0.15) is 12.4 Å². The lowest BCUT2D eigenvalue weighted by Crippen LogP contribution is -2.36. The van der Waals surface area contributed by atoms with Crippen LogP contribution in [0.5, 0.6) is 5.75 Å². The molecule has 3 aromatic rings. The first-order valence-electron chi connectivity index (χ1n) is 9.67. The smallest absolute Gasteiger partial charge is 0.254 e. The summed E-state index contributed by atoms with van der Waals surface area (Å²) in [7, 11) is 0. The average Bonchev–Trinajstić information content (AvgIpc) is 2.71. The Labute approximate surface area is 167 Å². The Morgan fingerprint density at radius 3 is 2.29 bits per heavy atom. The van der Waals surface area contributed by atoms with Crippen molar-refractivity contribution >= 4 is 5.91 Å². The summed E-state index contributed by atoms with van der Waals surface area (Å²) in [6, 6.07) is 25.9. The van der Waals surface area contributed by atoms with Gasteiger partial charge in [-0.05, 0) is 55.7 Å². The topological polar surface area (TPSA) is 29.5 Å². The highest BCUT2D eigenvalue weighted by molar-refractivity contribution is 5.95. The fourth-order valence-electron chi connectivity index (χ4n) is 3.13. The van der Waals surface area contributed by atoms with E-state index in [2.05, 4.69) is 0 Å². The predicted octanol–water partition coefficient (Wildman–Crippen LogP) is 5.62. The van der Waals surface area contributed by atoms with E-state index in [-0.39, 0.29) is 11.9 Å².